The Morgan fingerprint density at radius 3 is 2.67 bits per heavy atom. The van der Waals surface area contributed by atoms with Gasteiger partial charge >= 0.3 is 0 Å². The molecule has 2 N–H and O–H groups in total. The van der Waals surface area contributed by atoms with Crippen molar-refractivity contribution in [3.8, 4) is 5.88 Å². The Kier molecular flexibility index (Phi) is 2.90. The number of hydrogen-bond acceptors (Lipinski definition) is 5. The van der Waals surface area contributed by atoms with Crippen LogP contribution < -0.4 is 5.56 Å². The fourth-order valence-electron chi connectivity index (χ4n) is 2.09. The quantitative estimate of drug-likeness (QED) is 0.555. The van der Waals surface area contributed by atoms with Crippen LogP contribution in [0.2, 0.25) is 0 Å². The van der Waals surface area contributed by atoms with Crippen molar-refractivity contribution < 1.29 is 10.0 Å². The standard InChI is InChI=1S/C13H10N4O4/c18-12-10(13(19)16-11(15-12)5-6-14-16)7-8-1-3-9(4-2-8)17(20)21/h1-6,19H,7H2,(H,15,18). The zero-order valence-corrected chi connectivity index (χ0v) is 10.7. The summed E-state index contributed by atoms with van der Waals surface area (Å²) >= 11 is 0. The summed E-state index contributed by atoms with van der Waals surface area (Å²) in [6.07, 6.45) is 1.61. The first-order chi connectivity index (χ1) is 10.1. The molecule has 1 aromatic carbocycles. The van der Waals surface area contributed by atoms with Crippen LogP contribution in [0.25, 0.3) is 5.65 Å². The van der Waals surface area contributed by atoms with Gasteiger partial charge in [-0.3, -0.25) is 14.9 Å². The van der Waals surface area contributed by atoms with Gasteiger partial charge in [0.05, 0.1) is 16.7 Å². The third kappa shape index (κ3) is 2.22. The summed E-state index contributed by atoms with van der Waals surface area (Å²) in [4.78, 5) is 24.7. The maximum Gasteiger partial charge on any atom is 0.269 e. The predicted octanol–water partition coefficient (Wildman–Crippen LogP) is 1.23. The maximum absolute atomic E-state index is 12.0. The molecule has 0 unspecified atom stereocenters. The van der Waals surface area contributed by atoms with Gasteiger partial charge < -0.3 is 10.1 Å². The van der Waals surface area contributed by atoms with Crippen LogP contribution in [0.4, 0.5) is 5.69 Å². The van der Waals surface area contributed by atoms with Crippen molar-refractivity contribution in [2.45, 2.75) is 6.42 Å². The van der Waals surface area contributed by atoms with E-state index in [0.717, 1.165) is 0 Å². The van der Waals surface area contributed by atoms with Gasteiger partial charge in [0.25, 0.3) is 11.2 Å². The second-order valence-electron chi connectivity index (χ2n) is 4.48. The van der Waals surface area contributed by atoms with E-state index in [9.17, 15) is 20.0 Å². The van der Waals surface area contributed by atoms with Crippen molar-refractivity contribution in [3.63, 3.8) is 0 Å². The number of non-ortho nitro benzene ring substituents is 1. The van der Waals surface area contributed by atoms with E-state index in [2.05, 4.69) is 10.1 Å². The van der Waals surface area contributed by atoms with Crippen LogP contribution in [0.1, 0.15) is 11.1 Å². The number of nitrogens with one attached hydrogen (secondary N) is 1. The molecule has 21 heavy (non-hydrogen) atoms. The normalized spacial score (nSPS) is 10.9. The first-order valence-electron chi connectivity index (χ1n) is 6.07. The molecule has 0 aliphatic carbocycles. The lowest BCUT2D eigenvalue weighted by molar-refractivity contribution is -0.384. The van der Waals surface area contributed by atoms with Gasteiger partial charge in [-0.05, 0) is 5.56 Å². The number of nitrogens with zero attached hydrogens (tertiary/aromatic N) is 3. The molecule has 2 aromatic heterocycles. The highest BCUT2D eigenvalue weighted by Gasteiger charge is 2.13. The predicted molar refractivity (Wildman–Crippen MR) is 73.4 cm³/mol. The molecule has 0 aliphatic heterocycles. The second-order valence-corrected chi connectivity index (χ2v) is 4.48. The van der Waals surface area contributed by atoms with E-state index in [1.165, 1.54) is 22.8 Å². The molecule has 8 heteroatoms. The van der Waals surface area contributed by atoms with E-state index >= 15 is 0 Å². The summed E-state index contributed by atoms with van der Waals surface area (Å²) < 4.78 is 1.22. The SMILES string of the molecule is O=c1[nH]c2ccnn2c(O)c1Cc1ccc([N+](=O)[O-])cc1. The molecule has 0 atom stereocenters. The Labute approximate surface area is 117 Å². The molecule has 0 saturated heterocycles. The van der Waals surface area contributed by atoms with Crippen molar-refractivity contribution >= 4 is 11.3 Å². The number of H-pyrrole nitrogens is 1. The molecule has 106 valence electrons. The number of fused-ring (bicyclic) bond motifs is 1. The number of aromatic hydroxyl groups is 1. The van der Waals surface area contributed by atoms with Crippen LogP contribution >= 0.6 is 0 Å². The molecule has 8 nitrogen and oxygen atoms in total. The fourth-order valence-corrected chi connectivity index (χ4v) is 2.09. The molecule has 0 saturated carbocycles. The van der Waals surface area contributed by atoms with E-state index in [-0.39, 0.29) is 23.6 Å². The molecule has 0 bridgehead atoms. The van der Waals surface area contributed by atoms with E-state index in [0.29, 0.717) is 11.2 Å². The van der Waals surface area contributed by atoms with Gasteiger partial charge in [0.15, 0.2) is 0 Å². The highest BCUT2D eigenvalue weighted by Crippen LogP contribution is 2.19. The molecule has 0 spiro atoms. The van der Waals surface area contributed by atoms with Crippen molar-refractivity contribution in [2.75, 3.05) is 0 Å². The van der Waals surface area contributed by atoms with E-state index in [1.54, 1.807) is 18.2 Å². The second kappa shape index (κ2) is 4.75. The number of nitro groups is 1. The Hall–Kier alpha value is -3.16. The molecule has 3 aromatic rings. The summed E-state index contributed by atoms with van der Waals surface area (Å²) in [5.41, 5.74) is 0.774. The van der Waals surface area contributed by atoms with Crippen LogP contribution in [-0.2, 0) is 6.42 Å². The van der Waals surface area contributed by atoms with Gasteiger partial charge in [-0.1, -0.05) is 12.1 Å². The molecular weight excluding hydrogens is 276 g/mol. The highest BCUT2D eigenvalue weighted by molar-refractivity contribution is 5.43. The Bertz CT molecular complexity index is 879. The number of aromatic nitrogens is 3. The fraction of sp³-hybridized carbons (Fsp3) is 0.0769. The third-order valence-corrected chi connectivity index (χ3v) is 3.16. The summed E-state index contributed by atoms with van der Waals surface area (Å²) in [7, 11) is 0. The van der Waals surface area contributed by atoms with Gasteiger partial charge in [-0.25, -0.2) is 0 Å². The number of rotatable bonds is 3. The molecule has 0 radical (unpaired) electrons. The van der Waals surface area contributed by atoms with E-state index < -0.39 is 10.5 Å². The smallest absolute Gasteiger partial charge is 0.269 e. The van der Waals surface area contributed by atoms with Crippen molar-refractivity contribution in [3.05, 3.63) is 68.1 Å². The number of aromatic amines is 1. The van der Waals surface area contributed by atoms with Gasteiger partial charge in [0.1, 0.15) is 5.65 Å². The topological polar surface area (TPSA) is 114 Å². The van der Waals surface area contributed by atoms with Gasteiger partial charge in [0.2, 0.25) is 5.88 Å². The number of hydrogen-bond donors (Lipinski definition) is 2. The Morgan fingerprint density at radius 2 is 2.00 bits per heavy atom. The van der Waals surface area contributed by atoms with E-state index in [4.69, 9.17) is 0 Å². The Balaban J connectivity index is 2.01. The van der Waals surface area contributed by atoms with E-state index in [1.807, 2.05) is 0 Å². The lowest BCUT2D eigenvalue weighted by Gasteiger charge is -2.05. The minimum Gasteiger partial charge on any atom is -0.493 e. The minimum atomic E-state index is -0.496. The van der Waals surface area contributed by atoms with Crippen LogP contribution in [0, 0.1) is 10.1 Å². The summed E-state index contributed by atoms with van der Waals surface area (Å²) in [5.74, 6) is -0.239. The molecule has 0 fully saturated rings. The van der Waals surface area contributed by atoms with Crippen molar-refractivity contribution in [1.29, 1.82) is 0 Å². The lowest BCUT2D eigenvalue weighted by atomic mass is 10.1. The maximum atomic E-state index is 12.0. The molecule has 0 aliphatic rings. The average molecular weight is 286 g/mol. The lowest BCUT2D eigenvalue weighted by Crippen LogP contribution is -2.16. The van der Waals surface area contributed by atoms with Gasteiger partial charge in [0, 0.05) is 24.6 Å². The number of benzene rings is 1. The first-order valence-corrected chi connectivity index (χ1v) is 6.07. The monoisotopic (exact) mass is 286 g/mol. The number of nitro benzene ring substituents is 1. The molecule has 2 heterocycles. The highest BCUT2D eigenvalue weighted by atomic mass is 16.6. The van der Waals surface area contributed by atoms with Crippen LogP contribution in [0.5, 0.6) is 5.88 Å². The van der Waals surface area contributed by atoms with Crippen LogP contribution in [0.3, 0.4) is 0 Å². The molecule has 0 amide bonds. The largest absolute Gasteiger partial charge is 0.493 e. The van der Waals surface area contributed by atoms with Crippen molar-refractivity contribution in [1.82, 2.24) is 14.6 Å². The van der Waals surface area contributed by atoms with Crippen molar-refractivity contribution in [2.24, 2.45) is 0 Å². The van der Waals surface area contributed by atoms with Gasteiger partial charge in [-0.15, -0.1) is 0 Å². The average Bonchev–Trinajstić information content (AvgIpc) is 2.92. The molecule has 3 rings (SSSR count). The summed E-state index contributed by atoms with van der Waals surface area (Å²) in [5, 5.41) is 24.6. The summed E-state index contributed by atoms with van der Waals surface area (Å²) in [6.45, 7) is 0. The minimum absolute atomic E-state index is 0.0283. The van der Waals surface area contributed by atoms with Crippen LogP contribution in [0.15, 0.2) is 41.3 Å². The third-order valence-electron chi connectivity index (χ3n) is 3.16. The summed E-state index contributed by atoms with van der Waals surface area (Å²) in [6, 6.07) is 7.37. The van der Waals surface area contributed by atoms with Crippen LogP contribution in [-0.4, -0.2) is 24.6 Å². The van der Waals surface area contributed by atoms with Gasteiger partial charge in [-0.2, -0.15) is 9.61 Å². The Morgan fingerprint density at radius 1 is 1.29 bits per heavy atom. The molecular formula is C13H10N4O4. The zero-order valence-electron chi connectivity index (χ0n) is 10.7. The first kappa shape index (κ1) is 12.9. The zero-order chi connectivity index (χ0) is 15.0.